The van der Waals surface area contributed by atoms with Crippen LogP contribution in [-0.2, 0) is 0 Å². The fourth-order valence-corrected chi connectivity index (χ4v) is 9.56. The molecule has 78 valence electrons. The van der Waals surface area contributed by atoms with Crippen molar-refractivity contribution in [3.05, 3.63) is 42.5 Å². The van der Waals surface area contributed by atoms with Gasteiger partial charge in [0.1, 0.15) is 0 Å². The Kier molecular flexibility index (Phi) is 2.71. The van der Waals surface area contributed by atoms with Gasteiger partial charge in [-0.25, -0.2) is 0 Å². The Morgan fingerprint density at radius 2 is 1.47 bits per heavy atom. The summed E-state index contributed by atoms with van der Waals surface area (Å²) in [4.78, 5) is 0. The summed E-state index contributed by atoms with van der Waals surface area (Å²) in [6, 6.07) is 11.3. The van der Waals surface area contributed by atoms with Crippen molar-refractivity contribution in [3.63, 3.8) is 0 Å². The zero-order valence-corrected chi connectivity index (χ0v) is 10.8. The molecule has 1 saturated heterocycles. The van der Waals surface area contributed by atoms with E-state index in [9.17, 15) is 0 Å². The van der Waals surface area contributed by atoms with Gasteiger partial charge in [0.05, 0.1) is 0 Å². The second kappa shape index (κ2) is 4.18. The Morgan fingerprint density at radius 3 is 2.07 bits per heavy atom. The van der Waals surface area contributed by atoms with Crippen LogP contribution in [0.1, 0.15) is 12.8 Å². The summed E-state index contributed by atoms with van der Waals surface area (Å²) in [5.41, 5.74) is 0. The van der Waals surface area contributed by atoms with Crippen LogP contribution >= 0.6 is 0 Å². The van der Waals surface area contributed by atoms with Gasteiger partial charge < -0.3 is 0 Å². The zero-order chi connectivity index (χ0) is 10.1. The molecule has 0 spiro atoms. The molecule has 1 aromatic rings. The Bertz CT molecular complexity index is 339. The van der Waals surface area contributed by atoms with E-state index in [4.69, 9.17) is 0 Å². The van der Waals surface area contributed by atoms with Crippen molar-refractivity contribution < 1.29 is 0 Å². The summed E-state index contributed by atoms with van der Waals surface area (Å²) in [6.45, 7) is 0. The van der Waals surface area contributed by atoms with Crippen LogP contribution < -0.4 is 4.35 Å². The van der Waals surface area contributed by atoms with Gasteiger partial charge in [-0.15, -0.1) is 0 Å². The van der Waals surface area contributed by atoms with E-state index in [1.54, 1.807) is 14.8 Å². The van der Waals surface area contributed by atoms with Crippen LogP contribution in [0, 0.1) is 11.8 Å². The molecule has 3 rings (SSSR count). The first-order valence-electron chi connectivity index (χ1n) is 5.88. The quantitative estimate of drug-likeness (QED) is 0.538. The van der Waals surface area contributed by atoms with Gasteiger partial charge in [-0.1, -0.05) is 0 Å². The summed E-state index contributed by atoms with van der Waals surface area (Å²) in [5, 5.41) is 3.12. The summed E-state index contributed by atoms with van der Waals surface area (Å²) < 4.78 is 1.71. The van der Waals surface area contributed by atoms with Crippen molar-refractivity contribution in [1.82, 2.24) is 0 Å². The van der Waals surface area contributed by atoms with Gasteiger partial charge in [-0.3, -0.25) is 0 Å². The first-order valence-corrected chi connectivity index (χ1v) is 9.48. The first kappa shape index (κ1) is 9.72. The third-order valence-corrected chi connectivity index (χ3v) is 9.72. The number of hydrogen-bond acceptors (Lipinski definition) is 0. The van der Waals surface area contributed by atoms with Crippen LogP contribution in [0.5, 0.6) is 0 Å². The fourth-order valence-electron chi connectivity index (χ4n) is 2.86. The molecule has 0 amide bonds. The maximum atomic E-state index is 2.41. The molecule has 1 fully saturated rings. The topological polar surface area (TPSA) is 0 Å². The van der Waals surface area contributed by atoms with Gasteiger partial charge in [0.15, 0.2) is 0 Å². The van der Waals surface area contributed by atoms with E-state index in [0.717, 1.165) is 11.8 Å². The fraction of sp³-hybridized carbons (Fsp3) is 0.429. The third-order valence-electron chi connectivity index (χ3n) is 3.74. The number of hydrogen-bond donors (Lipinski definition) is 0. The van der Waals surface area contributed by atoms with E-state index in [2.05, 4.69) is 42.5 Å². The summed E-state index contributed by atoms with van der Waals surface area (Å²) >= 11 is -0.662. The van der Waals surface area contributed by atoms with Crippen molar-refractivity contribution in [1.29, 1.82) is 0 Å². The molecule has 1 heterocycles. The predicted molar refractivity (Wildman–Crippen MR) is 66.8 cm³/mol. The molecule has 0 radical (unpaired) electrons. The number of allylic oxidation sites excluding steroid dienone is 2. The van der Waals surface area contributed by atoms with Crippen LogP contribution in [0.15, 0.2) is 42.5 Å². The van der Waals surface area contributed by atoms with E-state index in [0.29, 0.717) is 0 Å². The van der Waals surface area contributed by atoms with E-state index in [-0.39, 0.29) is 0 Å². The molecule has 2 atom stereocenters. The van der Waals surface area contributed by atoms with Crippen LogP contribution in [0.3, 0.4) is 0 Å². The Balaban J connectivity index is 1.77. The maximum absolute atomic E-state index is 2.41. The summed E-state index contributed by atoms with van der Waals surface area (Å²) in [6.07, 6.45) is 7.54. The van der Waals surface area contributed by atoms with E-state index in [1.165, 1.54) is 12.8 Å². The Labute approximate surface area is 96.7 Å². The number of benzene rings is 1. The molecule has 2 aliphatic rings. The Hall–Kier alpha value is -0.482. The standard InChI is InChI=1S/C14H17As/c1-2-8-14(9-3-1)15-10-12-6-4-5-7-13(12)11-15/h1-5,8-9,12-13H,6-7,10-11H2/t12-,13-/m1/s1. The molecule has 0 unspecified atom stereocenters. The van der Waals surface area contributed by atoms with Crippen LogP contribution in [0.2, 0.25) is 10.4 Å². The monoisotopic (exact) mass is 260 g/mol. The van der Waals surface area contributed by atoms with Crippen molar-refractivity contribution in [2.45, 2.75) is 23.3 Å². The van der Waals surface area contributed by atoms with Crippen molar-refractivity contribution in [3.8, 4) is 0 Å². The summed E-state index contributed by atoms with van der Waals surface area (Å²) in [5.74, 6) is 2.07. The molecule has 1 heteroatoms. The van der Waals surface area contributed by atoms with Gasteiger partial charge in [-0.05, 0) is 0 Å². The van der Waals surface area contributed by atoms with Crippen LogP contribution in [-0.4, -0.2) is 14.7 Å². The van der Waals surface area contributed by atoms with Gasteiger partial charge in [0, 0.05) is 0 Å². The molecule has 1 aliphatic heterocycles. The normalized spacial score (nSPS) is 30.4. The second-order valence-electron chi connectivity index (χ2n) is 4.70. The average molecular weight is 260 g/mol. The van der Waals surface area contributed by atoms with Gasteiger partial charge in [0.25, 0.3) is 0 Å². The summed E-state index contributed by atoms with van der Waals surface area (Å²) in [7, 11) is 0. The molecular weight excluding hydrogens is 243 g/mol. The van der Waals surface area contributed by atoms with Crippen LogP contribution in [0.25, 0.3) is 0 Å². The van der Waals surface area contributed by atoms with Crippen molar-refractivity contribution in [2.75, 3.05) is 0 Å². The van der Waals surface area contributed by atoms with Gasteiger partial charge in [0.2, 0.25) is 0 Å². The first-order chi connectivity index (χ1) is 7.43. The van der Waals surface area contributed by atoms with Crippen LogP contribution in [0.4, 0.5) is 0 Å². The van der Waals surface area contributed by atoms with E-state index < -0.39 is 14.7 Å². The zero-order valence-electron chi connectivity index (χ0n) is 8.97. The molecule has 1 aliphatic carbocycles. The molecule has 0 saturated carbocycles. The third kappa shape index (κ3) is 1.93. The molecule has 0 N–H and O–H groups in total. The van der Waals surface area contributed by atoms with Gasteiger partial charge >= 0.3 is 96.6 Å². The molecule has 0 nitrogen and oxygen atoms in total. The predicted octanol–water partition coefficient (Wildman–Crippen LogP) is 2.98. The van der Waals surface area contributed by atoms with Gasteiger partial charge in [-0.2, -0.15) is 0 Å². The van der Waals surface area contributed by atoms with E-state index in [1.807, 2.05) is 0 Å². The SMILES string of the molecule is C1=CC[C@@H]2C[As](c3ccccc3)C[C@H]2C1. The minimum absolute atomic E-state index is 0.662. The number of rotatable bonds is 1. The van der Waals surface area contributed by atoms with Crippen molar-refractivity contribution >= 4 is 19.0 Å². The molecule has 0 bridgehead atoms. The second-order valence-corrected chi connectivity index (χ2v) is 9.58. The molecule has 1 aromatic carbocycles. The molecule has 0 aromatic heterocycles. The van der Waals surface area contributed by atoms with E-state index >= 15 is 0 Å². The molecule has 15 heavy (non-hydrogen) atoms. The average Bonchev–Trinajstić information content (AvgIpc) is 2.74. The molecular formula is C14H17As. The minimum atomic E-state index is -0.662. The number of fused-ring (bicyclic) bond motifs is 1. The Morgan fingerprint density at radius 1 is 0.867 bits per heavy atom. The van der Waals surface area contributed by atoms with Crippen molar-refractivity contribution in [2.24, 2.45) is 11.8 Å².